The zero-order valence-electron chi connectivity index (χ0n) is 13.2. The minimum atomic E-state index is -0.474. The first-order valence-electron chi connectivity index (χ1n) is 7.50. The fourth-order valence-corrected chi connectivity index (χ4v) is 2.16. The normalized spacial score (nSPS) is 12.2. The Morgan fingerprint density at radius 2 is 1.77 bits per heavy atom. The lowest BCUT2D eigenvalue weighted by atomic mass is 9.97. The summed E-state index contributed by atoms with van der Waals surface area (Å²) in [5.74, 6) is -0.834. The highest BCUT2D eigenvalue weighted by Crippen LogP contribution is 2.26. The van der Waals surface area contributed by atoms with E-state index in [0.29, 0.717) is 17.7 Å². The first-order chi connectivity index (χ1) is 10.5. The van der Waals surface area contributed by atoms with Crippen LogP contribution >= 0.6 is 0 Å². The van der Waals surface area contributed by atoms with Gasteiger partial charge in [-0.15, -0.1) is 0 Å². The summed E-state index contributed by atoms with van der Waals surface area (Å²) in [4.78, 5) is 12.0. The van der Waals surface area contributed by atoms with Crippen molar-refractivity contribution in [1.82, 2.24) is 0 Å². The summed E-state index contributed by atoms with van der Waals surface area (Å²) >= 11 is 0. The molecule has 3 heteroatoms. The van der Waals surface area contributed by atoms with Gasteiger partial charge in [0.05, 0.1) is 12.5 Å². The van der Waals surface area contributed by atoms with E-state index in [9.17, 15) is 9.18 Å². The average molecular weight is 300 g/mol. The van der Waals surface area contributed by atoms with Crippen LogP contribution in [0.3, 0.4) is 0 Å². The molecule has 0 amide bonds. The van der Waals surface area contributed by atoms with E-state index >= 15 is 0 Å². The number of halogens is 1. The van der Waals surface area contributed by atoms with Crippen LogP contribution in [0.2, 0.25) is 0 Å². The van der Waals surface area contributed by atoms with Gasteiger partial charge in [0.15, 0.2) is 0 Å². The third kappa shape index (κ3) is 3.94. The van der Waals surface area contributed by atoms with E-state index in [1.807, 2.05) is 44.2 Å². The molecule has 0 aliphatic heterocycles. The number of ether oxygens (including phenoxy) is 1. The fraction of sp³-hybridized carbons (Fsp3) is 0.316. The Morgan fingerprint density at radius 3 is 2.36 bits per heavy atom. The van der Waals surface area contributed by atoms with Crippen LogP contribution in [0.5, 0.6) is 0 Å². The highest BCUT2D eigenvalue weighted by atomic mass is 19.1. The Hall–Kier alpha value is -2.16. The Morgan fingerprint density at radius 1 is 1.09 bits per heavy atom. The van der Waals surface area contributed by atoms with E-state index in [0.717, 1.165) is 5.56 Å². The van der Waals surface area contributed by atoms with Gasteiger partial charge in [0.25, 0.3) is 0 Å². The minimum absolute atomic E-state index is 0.286. The molecule has 0 radical (unpaired) electrons. The van der Waals surface area contributed by atoms with E-state index in [1.54, 1.807) is 19.1 Å². The molecule has 2 aromatic rings. The summed E-state index contributed by atoms with van der Waals surface area (Å²) < 4.78 is 19.5. The number of benzene rings is 2. The zero-order valence-corrected chi connectivity index (χ0v) is 13.2. The minimum Gasteiger partial charge on any atom is -0.465 e. The van der Waals surface area contributed by atoms with Gasteiger partial charge in [-0.1, -0.05) is 56.3 Å². The van der Waals surface area contributed by atoms with Crippen LogP contribution < -0.4 is 0 Å². The highest BCUT2D eigenvalue weighted by Gasteiger charge is 2.19. The second-order valence-electron chi connectivity index (χ2n) is 5.85. The molecule has 0 aromatic heterocycles. The van der Waals surface area contributed by atoms with Crippen molar-refractivity contribution in [3.05, 3.63) is 59.9 Å². The van der Waals surface area contributed by atoms with E-state index in [2.05, 4.69) is 0 Å². The number of carbonyl (C=O) groups is 1. The Kier molecular flexibility index (Phi) is 5.31. The predicted octanol–water partition coefficient (Wildman–Crippen LogP) is 4.80. The summed E-state index contributed by atoms with van der Waals surface area (Å²) in [5.41, 5.74) is 1.99. The van der Waals surface area contributed by atoms with Crippen molar-refractivity contribution in [2.24, 2.45) is 5.92 Å². The molecule has 0 saturated heterocycles. The smallest absolute Gasteiger partial charge is 0.313 e. The fourth-order valence-electron chi connectivity index (χ4n) is 2.16. The van der Waals surface area contributed by atoms with Gasteiger partial charge in [-0.2, -0.15) is 0 Å². The predicted molar refractivity (Wildman–Crippen MR) is 86.0 cm³/mol. The lowest BCUT2D eigenvalue weighted by Gasteiger charge is -2.14. The number of carbonyl (C=O) groups excluding carboxylic acids is 1. The van der Waals surface area contributed by atoms with Crippen LogP contribution in [0, 0.1) is 11.7 Å². The van der Waals surface area contributed by atoms with E-state index in [4.69, 9.17) is 4.74 Å². The van der Waals surface area contributed by atoms with Gasteiger partial charge in [-0.3, -0.25) is 4.79 Å². The monoisotopic (exact) mass is 300 g/mol. The standard InChI is InChI=1S/C19H21FO2/c1-13(2)12-22-19(21)14(3)16-9-10-17(18(20)11-16)15-7-5-4-6-8-15/h4-11,13-14H,12H2,1-3H3/t14-/m0/s1. The molecule has 0 aliphatic rings. The average Bonchev–Trinajstić information content (AvgIpc) is 2.52. The molecular weight excluding hydrogens is 279 g/mol. The molecule has 0 unspecified atom stereocenters. The molecular formula is C19H21FO2. The lowest BCUT2D eigenvalue weighted by Crippen LogP contribution is -2.16. The van der Waals surface area contributed by atoms with Gasteiger partial charge in [0.2, 0.25) is 0 Å². The maximum absolute atomic E-state index is 14.3. The molecule has 0 fully saturated rings. The topological polar surface area (TPSA) is 26.3 Å². The van der Waals surface area contributed by atoms with Crippen LogP contribution in [0.4, 0.5) is 4.39 Å². The summed E-state index contributed by atoms with van der Waals surface area (Å²) in [6.07, 6.45) is 0. The molecule has 2 nitrogen and oxygen atoms in total. The number of esters is 1. The lowest BCUT2D eigenvalue weighted by molar-refractivity contribution is -0.146. The van der Waals surface area contributed by atoms with Crippen LogP contribution in [-0.2, 0) is 9.53 Å². The second kappa shape index (κ2) is 7.21. The molecule has 0 bridgehead atoms. The molecule has 0 spiro atoms. The van der Waals surface area contributed by atoms with E-state index in [1.165, 1.54) is 6.07 Å². The third-order valence-electron chi connectivity index (χ3n) is 3.49. The molecule has 0 aliphatic carbocycles. The summed E-state index contributed by atoms with van der Waals surface area (Å²) in [6, 6.07) is 14.3. The second-order valence-corrected chi connectivity index (χ2v) is 5.85. The molecule has 0 saturated carbocycles. The Balaban J connectivity index is 2.17. The molecule has 22 heavy (non-hydrogen) atoms. The molecule has 0 N–H and O–H groups in total. The summed E-state index contributed by atoms with van der Waals surface area (Å²) in [6.45, 7) is 6.08. The van der Waals surface area contributed by atoms with Crippen LogP contribution in [-0.4, -0.2) is 12.6 Å². The van der Waals surface area contributed by atoms with Gasteiger partial charge in [-0.05, 0) is 30.0 Å². The van der Waals surface area contributed by atoms with E-state index in [-0.39, 0.29) is 17.7 Å². The van der Waals surface area contributed by atoms with Crippen molar-refractivity contribution in [3.8, 4) is 11.1 Å². The maximum atomic E-state index is 14.3. The van der Waals surface area contributed by atoms with Crippen molar-refractivity contribution in [2.75, 3.05) is 6.61 Å². The van der Waals surface area contributed by atoms with Crippen LogP contribution in [0.25, 0.3) is 11.1 Å². The molecule has 0 heterocycles. The van der Waals surface area contributed by atoms with Crippen molar-refractivity contribution in [3.63, 3.8) is 0 Å². The third-order valence-corrected chi connectivity index (χ3v) is 3.49. The molecule has 116 valence electrons. The Labute approximate surface area is 130 Å². The number of rotatable bonds is 5. The van der Waals surface area contributed by atoms with Crippen molar-refractivity contribution in [2.45, 2.75) is 26.7 Å². The number of hydrogen-bond donors (Lipinski definition) is 0. The van der Waals surface area contributed by atoms with Gasteiger partial charge >= 0.3 is 5.97 Å². The van der Waals surface area contributed by atoms with E-state index < -0.39 is 5.92 Å². The summed E-state index contributed by atoms with van der Waals surface area (Å²) in [5, 5.41) is 0. The first kappa shape index (κ1) is 16.2. The molecule has 2 aromatic carbocycles. The van der Waals surface area contributed by atoms with Crippen molar-refractivity contribution < 1.29 is 13.9 Å². The maximum Gasteiger partial charge on any atom is 0.313 e. The quantitative estimate of drug-likeness (QED) is 0.742. The Bertz CT molecular complexity index is 635. The van der Waals surface area contributed by atoms with Gasteiger partial charge < -0.3 is 4.74 Å². The van der Waals surface area contributed by atoms with Gasteiger partial charge in [0, 0.05) is 5.56 Å². The van der Waals surface area contributed by atoms with Crippen molar-refractivity contribution in [1.29, 1.82) is 0 Å². The SMILES string of the molecule is CC(C)COC(=O)[C@@H](C)c1ccc(-c2ccccc2)c(F)c1. The van der Waals surface area contributed by atoms with Gasteiger partial charge in [-0.25, -0.2) is 4.39 Å². The largest absolute Gasteiger partial charge is 0.465 e. The van der Waals surface area contributed by atoms with Crippen molar-refractivity contribution >= 4 is 5.97 Å². The zero-order chi connectivity index (χ0) is 16.1. The van der Waals surface area contributed by atoms with Crippen LogP contribution in [0.15, 0.2) is 48.5 Å². The summed E-state index contributed by atoms with van der Waals surface area (Å²) in [7, 11) is 0. The molecule has 2 rings (SSSR count). The highest BCUT2D eigenvalue weighted by molar-refractivity contribution is 5.78. The van der Waals surface area contributed by atoms with Gasteiger partial charge in [0.1, 0.15) is 5.82 Å². The van der Waals surface area contributed by atoms with Crippen LogP contribution in [0.1, 0.15) is 32.3 Å². The number of hydrogen-bond acceptors (Lipinski definition) is 2. The molecule has 1 atom stereocenters. The first-order valence-corrected chi connectivity index (χ1v) is 7.50.